The molecule has 0 atom stereocenters. The van der Waals surface area contributed by atoms with Crippen LogP contribution in [0, 0.1) is 5.82 Å². The first kappa shape index (κ1) is 18.6. The predicted octanol–water partition coefficient (Wildman–Crippen LogP) is 4.13. The number of rotatable bonds is 5. The van der Waals surface area contributed by atoms with Gasteiger partial charge in [-0.15, -0.1) is 17.9 Å². The smallest absolute Gasteiger partial charge is 0.206 e. The van der Waals surface area contributed by atoms with Gasteiger partial charge in [-0.3, -0.25) is 4.99 Å². The van der Waals surface area contributed by atoms with Crippen LogP contribution in [0.3, 0.4) is 0 Å². The van der Waals surface area contributed by atoms with Gasteiger partial charge in [0.2, 0.25) is 4.80 Å². The summed E-state index contributed by atoms with van der Waals surface area (Å²) in [6.07, 6.45) is 1.66. The maximum absolute atomic E-state index is 14.3. The molecular formula is C20H18FN3O2S. The van der Waals surface area contributed by atoms with Gasteiger partial charge >= 0.3 is 0 Å². The number of phenols is 2. The Bertz CT molecular complexity index is 1080. The first-order valence-corrected chi connectivity index (χ1v) is 9.04. The molecule has 27 heavy (non-hydrogen) atoms. The molecule has 0 aliphatic rings. The number of phenolic OH excluding ortho intramolecular Hbond substituents is 2. The van der Waals surface area contributed by atoms with Gasteiger partial charge in [-0.05, 0) is 31.2 Å². The van der Waals surface area contributed by atoms with Gasteiger partial charge in [-0.1, -0.05) is 18.2 Å². The molecule has 1 heterocycles. The fraction of sp³-hybridized carbons (Fsp3) is 0.100. The highest BCUT2D eigenvalue weighted by Crippen LogP contribution is 2.25. The SMILES string of the molecule is C=CCN=c1scc(-c2ccccc2F)n1N=C(C)c1ccc(O)cc1O. The Balaban J connectivity index is 2.19. The Labute approximate surface area is 159 Å². The molecule has 1 aromatic heterocycles. The second-order valence-electron chi connectivity index (χ2n) is 5.71. The van der Waals surface area contributed by atoms with Crippen LogP contribution in [0.1, 0.15) is 12.5 Å². The molecule has 0 aliphatic carbocycles. The first-order chi connectivity index (χ1) is 13.0. The molecule has 0 bridgehead atoms. The molecule has 3 aromatic rings. The highest BCUT2D eigenvalue weighted by Gasteiger charge is 2.13. The number of nitrogens with zero attached hydrogens (tertiary/aromatic N) is 3. The molecule has 0 unspecified atom stereocenters. The molecule has 0 aliphatic heterocycles. The highest BCUT2D eigenvalue weighted by atomic mass is 32.1. The number of hydrogen-bond acceptors (Lipinski definition) is 5. The van der Waals surface area contributed by atoms with Crippen molar-refractivity contribution >= 4 is 17.0 Å². The molecule has 0 saturated heterocycles. The van der Waals surface area contributed by atoms with Crippen LogP contribution in [0.15, 0.2) is 70.6 Å². The molecule has 2 N–H and O–H groups in total. The summed E-state index contributed by atoms with van der Waals surface area (Å²) >= 11 is 1.34. The fourth-order valence-electron chi connectivity index (χ4n) is 2.53. The summed E-state index contributed by atoms with van der Waals surface area (Å²) in [7, 11) is 0. The van der Waals surface area contributed by atoms with E-state index in [1.165, 1.54) is 29.5 Å². The molecule has 0 saturated carbocycles. The predicted molar refractivity (Wildman–Crippen MR) is 106 cm³/mol. The number of thiazole rings is 1. The van der Waals surface area contributed by atoms with Gasteiger partial charge in [0.05, 0.1) is 18.0 Å². The third kappa shape index (κ3) is 3.98. The maximum atomic E-state index is 14.3. The molecule has 0 spiro atoms. The van der Waals surface area contributed by atoms with Crippen molar-refractivity contribution < 1.29 is 14.6 Å². The summed E-state index contributed by atoms with van der Waals surface area (Å²) in [5, 5.41) is 25.9. The van der Waals surface area contributed by atoms with E-state index < -0.39 is 0 Å². The van der Waals surface area contributed by atoms with Crippen LogP contribution >= 0.6 is 11.3 Å². The lowest BCUT2D eigenvalue weighted by molar-refractivity contribution is 0.450. The molecule has 138 valence electrons. The van der Waals surface area contributed by atoms with Gasteiger partial charge < -0.3 is 10.2 Å². The van der Waals surface area contributed by atoms with Crippen LogP contribution in [-0.4, -0.2) is 27.1 Å². The van der Waals surface area contributed by atoms with Crippen LogP contribution in [0.2, 0.25) is 0 Å². The lowest BCUT2D eigenvalue weighted by atomic mass is 10.1. The zero-order valence-electron chi connectivity index (χ0n) is 14.6. The van der Waals surface area contributed by atoms with Crippen molar-refractivity contribution in [3.63, 3.8) is 0 Å². The summed E-state index contributed by atoms with van der Waals surface area (Å²) in [6.45, 7) is 5.78. The van der Waals surface area contributed by atoms with Crippen molar-refractivity contribution in [3.8, 4) is 22.8 Å². The quantitative estimate of drug-likeness (QED) is 0.514. The van der Waals surface area contributed by atoms with Gasteiger partial charge in [0.15, 0.2) is 0 Å². The Morgan fingerprint density at radius 1 is 1.26 bits per heavy atom. The third-order valence-corrected chi connectivity index (χ3v) is 4.67. The summed E-state index contributed by atoms with van der Waals surface area (Å²) < 4.78 is 15.9. The standard InChI is InChI=1S/C20H18FN3O2S/c1-3-10-22-20-24(18(12-27-20)16-6-4-5-7-17(16)21)23-13(2)15-9-8-14(25)11-19(15)26/h3-9,11-12,25-26H,1,10H2,2H3. The Morgan fingerprint density at radius 2 is 2.04 bits per heavy atom. The van der Waals surface area contributed by atoms with E-state index in [4.69, 9.17) is 0 Å². The largest absolute Gasteiger partial charge is 0.508 e. The van der Waals surface area contributed by atoms with E-state index in [2.05, 4.69) is 16.7 Å². The van der Waals surface area contributed by atoms with Gasteiger partial charge in [-0.25, -0.2) is 9.07 Å². The van der Waals surface area contributed by atoms with Gasteiger partial charge in [0, 0.05) is 22.6 Å². The lowest BCUT2D eigenvalue weighted by Gasteiger charge is -2.08. The first-order valence-electron chi connectivity index (χ1n) is 8.16. The van der Waals surface area contributed by atoms with Crippen molar-refractivity contribution in [1.82, 2.24) is 4.68 Å². The fourth-order valence-corrected chi connectivity index (χ4v) is 3.36. The monoisotopic (exact) mass is 383 g/mol. The van der Waals surface area contributed by atoms with Crippen molar-refractivity contribution in [3.05, 3.63) is 76.7 Å². The average molecular weight is 383 g/mol. The molecule has 5 nitrogen and oxygen atoms in total. The van der Waals surface area contributed by atoms with Crippen LogP contribution in [0.5, 0.6) is 11.5 Å². The Hall–Kier alpha value is -3.19. The summed E-state index contributed by atoms with van der Waals surface area (Å²) in [5.74, 6) is -0.496. The zero-order chi connectivity index (χ0) is 19.4. The molecule has 0 radical (unpaired) electrons. The number of hydrogen-bond donors (Lipinski definition) is 2. The second-order valence-corrected chi connectivity index (χ2v) is 6.55. The molecular weight excluding hydrogens is 365 g/mol. The molecule has 3 rings (SSSR count). The van der Waals surface area contributed by atoms with Crippen LogP contribution in [0.4, 0.5) is 4.39 Å². The van der Waals surface area contributed by atoms with Crippen LogP contribution in [-0.2, 0) is 0 Å². The van der Waals surface area contributed by atoms with E-state index in [0.717, 1.165) is 0 Å². The van der Waals surface area contributed by atoms with E-state index in [0.29, 0.717) is 33.9 Å². The Kier molecular flexibility index (Phi) is 5.52. The topological polar surface area (TPSA) is 70.1 Å². The molecule has 0 fully saturated rings. The third-order valence-electron chi connectivity index (χ3n) is 3.81. The van der Waals surface area contributed by atoms with Crippen molar-refractivity contribution in [2.24, 2.45) is 10.1 Å². The van der Waals surface area contributed by atoms with E-state index in [1.54, 1.807) is 47.3 Å². The minimum absolute atomic E-state index is 0.0408. The summed E-state index contributed by atoms with van der Waals surface area (Å²) in [4.78, 5) is 4.99. The van der Waals surface area contributed by atoms with Crippen LogP contribution < -0.4 is 4.80 Å². The lowest BCUT2D eigenvalue weighted by Crippen LogP contribution is -2.15. The molecule has 0 amide bonds. The van der Waals surface area contributed by atoms with Gasteiger partial charge in [0.1, 0.15) is 17.3 Å². The number of aromatic nitrogens is 1. The van der Waals surface area contributed by atoms with E-state index >= 15 is 0 Å². The Morgan fingerprint density at radius 3 is 2.74 bits per heavy atom. The minimum Gasteiger partial charge on any atom is -0.508 e. The van der Waals surface area contributed by atoms with E-state index in [9.17, 15) is 14.6 Å². The van der Waals surface area contributed by atoms with E-state index in [1.807, 2.05) is 0 Å². The summed E-state index contributed by atoms with van der Waals surface area (Å²) in [5.41, 5.74) is 1.91. The summed E-state index contributed by atoms with van der Waals surface area (Å²) in [6, 6.07) is 10.7. The second kappa shape index (κ2) is 8.01. The number of benzene rings is 2. The van der Waals surface area contributed by atoms with Crippen molar-refractivity contribution in [2.45, 2.75) is 6.92 Å². The van der Waals surface area contributed by atoms with E-state index in [-0.39, 0.29) is 17.3 Å². The van der Waals surface area contributed by atoms with Gasteiger partial charge in [-0.2, -0.15) is 5.10 Å². The highest BCUT2D eigenvalue weighted by molar-refractivity contribution is 7.07. The number of halogens is 1. The number of aromatic hydroxyl groups is 2. The molecule has 2 aromatic carbocycles. The average Bonchev–Trinajstić information content (AvgIpc) is 3.02. The zero-order valence-corrected chi connectivity index (χ0v) is 15.4. The molecule has 7 heteroatoms. The van der Waals surface area contributed by atoms with Crippen LogP contribution in [0.25, 0.3) is 11.3 Å². The van der Waals surface area contributed by atoms with Crippen molar-refractivity contribution in [2.75, 3.05) is 6.54 Å². The minimum atomic E-state index is -0.361. The normalized spacial score (nSPS) is 12.4. The van der Waals surface area contributed by atoms with Crippen molar-refractivity contribution in [1.29, 1.82) is 0 Å². The van der Waals surface area contributed by atoms with Gasteiger partial charge in [0.25, 0.3) is 0 Å². The maximum Gasteiger partial charge on any atom is 0.206 e.